The lowest BCUT2D eigenvalue weighted by Gasteiger charge is -2.16. The van der Waals surface area contributed by atoms with Crippen molar-refractivity contribution in [2.45, 2.75) is 6.04 Å². The van der Waals surface area contributed by atoms with Gasteiger partial charge in [0, 0.05) is 12.8 Å². The number of benzene rings is 1. The Labute approximate surface area is 106 Å². The second-order valence-corrected chi connectivity index (χ2v) is 3.76. The van der Waals surface area contributed by atoms with Crippen molar-refractivity contribution < 1.29 is 19.4 Å². The molecule has 0 heterocycles. The fraction of sp³-hybridized carbons (Fsp3) is 0.417. The van der Waals surface area contributed by atoms with E-state index in [-0.39, 0.29) is 19.1 Å². The number of carbonyl (C=O) groups is 1. The SMILES string of the molecule is COCC(CO)NC(=O)c1cc(OC)ccc1N. The molecule has 6 heteroatoms. The van der Waals surface area contributed by atoms with Crippen molar-refractivity contribution >= 4 is 11.6 Å². The molecule has 1 atom stereocenters. The smallest absolute Gasteiger partial charge is 0.253 e. The summed E-state index contributed by atoms with van der Waals surface area (Å²) in [5.41, 5.74) is 6.38. The number of aliphatic hydroxyl groups is 1. The molecule has 1 aromatic rings. The zero-order valence-corrected chi connectivity index (χ0v) is 10.5. The first-order chi connectivity index (χ1) is 8.62. The van der Waals surface area contributed by atoms with E-state index in [0.717, 1.165) is 0 Å². The summed E-state index contributed by atoms with van der Waals surface area (Å²) in [6.45, 7) is 0.0234. The molecule has 0 spiro atoms. The zero-order valence-electron chi connectivity index (χ0n) is 10.5. The highest BCUT2D eigenvalue weighted by atomic mass is 16.5. The molecule has 0 aliphatic carbocycles. The summed E-state index contributed by atoms with van der Waals surface area (Å²) >= 11 is 0. The third-order valence-electron chi connectivity index (χ3n) is 2.43. The molecule has 100 valence electrons. The third-order valence-corrected chi connectivity index (χ3v) is 2.43. The minimum absolute atomic E-state index is 0.205. The summed E-state index contributed by atoms with van der Waals surface area (Å²) < 4.78 is 9.91. The van der Waals surface area contributed by atoms with Crippen LogP contribution in [-0.4, -0.2) is 44.5 Å². The van der Waals surface area contributed by atoms with E-state index in [1.807, 2.05) is 0 Å². The van der Waals surface area contributed by atoms with Crippen LogP contribution in [0.4, 0.5) is 5.69 Å². The van der Waals surface area contributed by atoms with Gasteiger partial charge in [-0.1, -0.05) is 0 Å². The Hall–Kier alpha value is -1.79. The minimum Gasteiger partial charge on any atom is -0.497 e. The van der Waals surface area contributed by atoms with Crippen LogP contribution in [0.25, 0.3) is 0 Å². The number of aliphatic hydroxyl groups excluding tert-OH is 1. The molecule has 0 saturated heterocycles. The Balaban J connectivity index is 2.82. The van der Waals surface area contributed by atoms with Gasteiger partial charge in [0.15, 0.2) is 0 Å². The lowest BCUT2D eigenvalue weighted by molar-refractivity contribution is 0.0840. The molecule has 0 saturated carbocycles. The highest BCUT2D eigenvalue weighted by Crippen LogP contribution is 2.19. The van der Waals surface area contributed by atoms with E-state index in [0.29, 0.717) is 17.0 Å². The maximum absolute atomic E-state index is 12.0. The van der Waals surface area contributed by atoms with Crippen LogP contribution in [0.1, 0.15) is 10.4 Å². The van der Waals surface area contributed by atoms with E-state index in [1.54, 1.807) is 18.2 Å². The van der Waals surface area contributed by atoms with Gasteiger partial charge in [-0.05, 0) is 18.2 Å². The number of rotatable bonds is 6. The van der Waals surface area contributed by atoms with Crippen LogP contribution in [0.3, 0.4) is 0 Å². The van der Waals surface area contributed by atoms with E-state index in [1.165, 1.54) is 14.2 Å². The van der Waals surface area contributed by atoms with Gasteiger partial charge in [0.2, 0.25) is 0 Å². The monoisotopic (exact) mass is 254 g/mol. The standard InChI is InChI=1S/C12H18N2O4/c1-17-7-8(6-15)14-12(16)10-5-9(18-2)3-4-11(10)13/h3-5,8,15H,6-7,13H2,1-2H3,(H,14,16). The summed E-state index contributed by atoms with van der Waals surface area (Å²) in [7, 11) is 3.00. The van der Waals surface area contributed by atoms with Gasteiger partial charge in [-0.2, -0.15) is 0 Å². The molecule has 0 radical (unpaired) electrons. The maximum atomic E-state index is 12.0. The molecule has 4 N–H and O–H groups in total. The van der Waals surface area contributed by atoms with E-state index >= 15 is 0 Å². The number of ether oxygens (including phenoxy) is 2. The van der Waals surface area contributed by atoms with E-state index in [9.17, 15) is 4.79 Å². The van der Waals surface area contributed by atoms with Crippen molar-refractivity contribution in [3.05, 3.63) is 23.8 Å². The molecule has 0 aliphatic rings. The zero-order chi connectivity index (χ0) is 13.5. The van der Waals surface area contributed by atoms with Gasteiger partial charge in [0.1, 0.15) is 5.75 Å². The fourth-order valence-electron chi connectivity index (χ4n) is 1.46. The topological polar surface area (TPSA) is 93.8 Å². The van der Waals surface area contributed by atoms with Crippen molar-refractivity contribution in [1.29, 1.82) is 0 Å². The second kappa shape index (κ2) is 6.83. The normalized spacial score (nSPS) is 11.9. The summed E-state index contributed by atoms with van der Waals surface area (Å²) in [4.78, 5) is 12.0. The lowest BCUT2D eigenvalue weighted by atomic mass is 10.1. The Morgan fingerprint density at radius 3 is 2.78 bits per heavy atom. The van der Waals surface area contributed by atoms with Crippen molar-refractivity contribution in [2.24, 2.45) is 0 Å². The van der Waals surface area contributed by atoms with Gasteiger partial charge in [-0.3, -0.25) is 4.79 Å². The maximum Gasteiger partial charge on any atom is 0.253 e. The van der Waals surface area contributed by atoms with Crippen molar-refractivity contribution in [3.8, 4) is 5.75 Å². The molecule has 1 rings (SSSR count). The number of nitrogens with two attached hydrogens (primary N) is 1. The number of nitrogens with one attached hydrogen (secondary N) is 1. The van der Waals surface area contributed by atoms with E-state index < -0.39 is 6.04 Å². The molecule has 1 unspecified atom stereocenters. The second-order valence-electron chi connectivity index (χ2n) is 3.76. The van der Waals surface area contributed by atoms with Crippen LogP contribution in [0.15, 0.2) is 18.2 Å². The molecular formula is C12H18N2O4. The Morgan fingerprint density at radius 2 is 2.22 bits per heavy atom. The summed E-state index contributed by atoms with van der Waals surface area (Å²) in [6.07, 6.45) is 0. The van der Waals surface area contributed by atoms with Crippen molar-refractivity contribution in [2.75, 3.05) is 33.2 Å². The third kappa shape index (κ3) is 3.61. The van der Waals surface area contributed by atoms with Crippen molar-refractivity contribution in [1.82, 2.24) is 5.32 Å². The highest BCUT2D eigenvalue weighted by Gasteiger charge is 2.15. The van der Waals surface area contributed by atoms with Crippen LogP contribution in [0, 0.1) is 0 Å². The number of nitrogen functional groups attached to an aromatic ring is 1. The molecule has 1 amide bonds. The number of amides is 1. The Morgan fingerprint density at radius 1 is 1.50 bits per heavy atom. The lowest BCUT2D eigenvalue weighted by Crippen LogP contribution is -2.40. The van der Waals surface area contributed by atoms with Crippen LogP contribution in [0.5, 0.6) is 5.75 Å². The fourth-order valence-corrected chi connectivity index (χ4v) is 1.46. The van der Waals surface area contributed by atoms with E-state index in [4.69, 9.17) is 20.3 Å². The quantitative estimate of drug-likeness (QED) is 0.622. The van der Waals surface area contributed by atoms with Gasteiger partial charge in [0.25, 0.3) is 5.91 Å². The predicted molar refractivity (Wildman–Crippen MR) is 67.6 cm³/mol. The first-order valence-electron chi connectivity index (χ1n) is 5.46. The van der Waals surface area contributed by atoms with Gasteiger partial charge in [-0.15, -0.1) is 0 Å². The number of anilines is 1. The number of hydrogen-bond acceptors (Lipinski definition) is 5. The molecule has 0 aliphatic heterocycles. The molecule has 0 fully saturated rings. The Bertz CT molecular complexity index is 409. The minimum atomic E-state index is -0.465. The molecule has 0 aromatic heterocycles. The largest absolute Gasteiger partial charge is 0.497 e. The van der Waals surface area contributed by atoms with Gasteiger partial charge in [-0.25, -0.2) is 0 Å². The van der Waals surface area contributed by atoms with Gasteiger partial charge in [0.05, 0.1) is 31.9 Å². The number of hydrogen-bond donors (Lipinski definition) is 3. The van der Waals surface area contributed by atoms with Crippen LogP contribution in [-0.2, 0) is 4.74 Å². The first-order valence-corrected chi connectivity index (χ1v) is 5.46. The molecular weight excluding hydrogens is 236 g/mol. The average Bonchev–Trinajstić information content (AvgIpc) is 2.38. The summed E-state index contributed by atoms with van der Waals surface area (Å²) in [6, 6.07) is 4.35. The molecule has 1 aromatic carbocycles. The van der Waals surface area contributed by atoms with Gasteiger partial charge >= 0.3 is 0 Å². The van der Waals surface area contributed by atoms with Crippen molar-refractivity contribution in [3.63, 3.8) is 0 Å². The van der Waals surface area contributed by atoms with E-state index in [2.05, 4.69) is 5.32 Å². The van der Waals surface area contributed by atoms with Crippen LogP contribution >= 0.6 is 0 Å². The average molecular weight is 254 g/mol. The molecule has 18 heavy (non-hydrogen) atoms. The number of carbonyl (C=O) groups excluding carboxylic acids is 1. The summed E-state index contributed by atoms with van der Waals surface area (Å²) in [5, 5.41) is 11.7. The first kappa shape index (κ1) is 14.3. The van der Waals surface area contributed by atoms with Crippen LogP contribution in [0.2, 0.25) is 0 Å². The summed E-state index contributed by atoms with van der Waals surface area (Å²) in [5.74, 6) is 0.170. The predicted octanol–water partition coefficient (Wildman–Crippen LogP) is 0.0145. The highest BCUT2D eigenvalue weighted by molar-refractivity contribution is 5.99. The Kier molecular flexibility index (Phi) is 5.41. The molecule has 0 bridgehead atoms. The molecule has 6 nitrogen and oxygen atoms in total. The number of methoxy groups -OCH3 is 2. The van der Waals surface area contributed by atoms with Crippen LogP contribution < -0.4 is 15.8 Å². The van der Waals surface area contributed by atoms with Gasteiger partial charge < -0.3 is 25.6 Å².